The number of aromatic nitrogens is 4. The molecule has 2 aromatic carbocycles. The molecule has 0 amide bonds. The van der Waals surface area contributed by atoms with Crippen LogP contribution in [-0.4, -0.2) is 38.6 Å². The Kier molecular flexibility index (Phi) is 8.46. The largest absolute Gasteiger partial charge is 0.493 e. The number of hydrogen-bond donors (Lipinski definition) is 2. The zero-order valence-electron chi connectivity index (χ0n) is 20.5. The van der Waals surface area contributed by atoms with E-state index < -0.39 is 0 Å². The van der Waals surface area contributed by atoms with Crippen molar-refractivity contribution in [2.45, 2.75) is 6.42 Å². The Bertz CT molecular complexity index is 1430. The third-order valence-electron chi connectivity index (χ3n) is 5.66. The quantitative estimate of drug-likeness (QED) is 0.293. The molecule has 0 radical (unpaired) electrons. The molecule has 0 aliphatic rings. The van der Waals surface area contributed by atoms with Crippen molar-refractivity contribution >= 4 is 35.2 Å². The van der Waals surface area contributed by atoms with Crippen molar-refractivity contribution in [1.82, 2.24) is 19.7 Å². The number of rotatable bonds is 8. The summed E-state index contributed by atoms with van der Waals surface area (Å²) in [5.74, 6) is 0.857. The number of aliphatic hydroxyl groups excluding tert-OH is 1. The first-order valence-corrected chi connectivity index (χ1v) is 11.8. The topological polar surface area (TPSA) is 76.0 Å². The number of aromatic amines is 1. The summed E-state index contributed by atoms with van der Waals surface area (Å²) in [6.07, 6.45) is 12.9. The van der Waals surface area contributed by atoms with Gasteiger partial charge in [-0.2, -0.15) is 5.10 Å². The highest BCUT2D eigenvalue weighted by Crippen LogP contribution is 2.19. The van der Waals surface area contributed by atoms with Crippen molar-refractivity contribution in [3.8, 4) is 5.75 Å². The molecule has 36 heavy (non-hydrogen) atoms. The fourth-order valence-corrected chi connectivity index (χ4v) is 3.77. The number of benzene rings is 2. The molecule has 0 saturated heterocycles. The summed E-state index contributed by atoms with van der Waals surface area (Å²) in [5.41, 5.74) is 6.35. The third kappa shape index (κ3) is 6.58. The van der Waals surface area contributed by atoms with Crippen LogP contribution in [-0.2, 0) is 13.5 Å². The molecule has 0 aliphatic heterocycles. The molecule has 3 aromatic heterocycles. The van der Waals surface area contributed by atoms with E-state index in [0.717, 1.165) is 47.5 Å². The molecule has 6 nitrogen and oxygen atoms in total. The molecule has 0 unspecified atom stereocenters. The lowest BCUT2D eigenvalue weighted by molar-refractivity contribution is 0.320. The van der Waals surface area contributed by atoms with Gasteiger partial charge in [0.1, 0.15) is 5.75 Å². The van der Waals surface area contributed by atoms with Gasteiger partial charge in [0.25, 0.3) is 0 Å². The van der Waals surface area contributed by atoms with E-state index in [9.17, 15) is 0 Å². The van der Waals surface area contributed by atoms with Crippen LogP contribution >= 0.6 is 0 Å². The number of H-pyrrole nitrogens is 1. The number of nitrogens with zero attached hydrogens (tertiary/aromatic N) is 3. The van der Waals surface area contributed by atoms with Gasteiger partial charge < -0.3 is 14.4 Å². The number of ether oxygens (including phenoxy) is 1. The Hall–Kier alpha value is -4.42. The number of aryl methyl sites for hydroxylation is 1. The molecule has 0 atom stereocenters. The number of aliphatic hydroxyl groups is 1. The summed E-state index contributed by atoms with van der Waals surface area (Å²) in [4.78, 5) is 4.32. The monoisotopic (exact) mass is 478 g/mol. The van der Waals surface area contributed by atoms with Crippen molar-refractivity contribution in [1.29, 1.82) is 0 Å². The van der Waals surface area contributed by atoms with E-state index in [2.05, 4.69) is 69.4 Å². The second-order valence-corrected chi connectivity index (χ2v) is 8.15. The van der Waals surface area contributed by atoms with Crippen LogP contribution in [0.15, 0.2) is 85.2 Å². The lowest BCUT2D eigenvalue weighted by atomic mass is 10.1. The van der Waals surface area contributed by atoms with E-state index >= 15 is 0 Å². The van der Waals surface area contributed by atoms with Crippen LogP contribution in [0.1, 0.15) is 28.2 Å². The van der Waals surface area contributed by atoms with Gasteiger partial charge in [0, 0.05) is 44.2 Å². The SMILES string of the molecule is CO.Cn1ccc2ccc(/C=C/c3cc(/C=C/c4ccc(OCCc5ccccn5)cc4)[nH]n3)cc21. The molecular formula is C30H30N4O2. The van der Waals surface area contributed by atoms with Crippen LogP contribution in [0.4, 0.5) is 0 Å². The number of hydrogen-bond acceptors (Lipinski definition) is 4. The molecule has 2 N–H and O–H groups in total. The Morgan fingerprint density at radius 3 is 2.50 bits per heavy atom. The van der Waals surface area contributed by atoms with E-state index in [1.165, 1.54) is 10.9 Å². The van der Waals surface area contributed by atoms with Gasteiger partial charge in [-0.25, -0.2) is 0 Å². The van der Waals surface area contributed by atoms with Gasteiger partial charge in [-0.3, -0.25) is 10.1 Å². The van der Waals surface area contributed by atoms with E-state index in [0.29, 0.717) is 6.61 Å². The average Bonchev–Trinajstić information content (AvgIpc) is 3.55. The smallest absolute Gasteiger partial charge is 0.119 e. The van der Waals surface area contributed by atoms with Crippen LogP contribution in [0.25, 0.3) is 35.2 Å². The van der Waals surface area contributed by atoms with Crippen LogP contribution in [0.5, 0.6) is 5.75 Å². The van der Waals surface area contributed by atoms with Gasteiger partial charge in [-0.15, -0.1) is 0 Å². The zero-order chi connectivity index (χ0) is 25.2. The van der Waals surface area contributed by atoms with Gasteiger partial charge in [0.05, 0.1) is 18.0 Å². The fraction of sp³-hybridized carbons (Fsp3) is 0.133. The Morgan fingerprint density at radius 1 is 0.889 bits per heavy atom. The van der Waals surface area contributed by atoms with E-state index in [1.54, 1.807) is 6.20 Å². The van der Waals surface area contributed by atoms with Crippen molar-refractivity contribution in [3.63, 3.8) is 0 Å². The molecule has 0 aliphatic carbocycles. The predicted octanol–water partition coefficient (Wildman–Crippen LogP) is 5.87. The number of pyridine rings is 1. The standard InChI is InChI=1S/C29H26N4O.CH4O/c1-33-18-15-24-10-5-23(20-29(24)33)7-12-27-21-26(31-32-27)11-6-22-8-13-28(14-9-22)34-19-16-25-4-2-3-17-30-25;1-2/h2-15,17-18,20-21H,16,19H2,1H3,(H,31,32);2H,1H3/b11-6+,12-7+;. The highest BCUT2D eigenvalue weighted by molar-refractivity contribution is 5.84. The molecule has 0 spiro atoms. The molecule has 3 heterocycles. The van der Waals surface area contributed by atoms with Crippen LogP contribution in [0.2, 0.25) is 0 Å². The van der Waals surface area contributed by atoms with Gasteiger partial charge >= 0.3 is 0 Å². The van der Waals surface area contributed by atoms with Crippen LogP contribution in [0, 0.1) is 0 Å². The molecular weight excluding hydrogens is 448 g/mol. The number of nitrogens with one attached hydrogen (secondary N) is 1. The molecule has 0 bridgehead atoms. The molecule has 5 aromatic rings. The summed E-state index contributed by atoms with van der Waals surface area (Å²) in [6.45, 7) is 0.607. The first kappa shape index (κ1) is 24.7. The summed E-state index contributed by atoms with van der Waals surface area (Å²) in [5, 5.41) is 15.7. The van der Waals surface area contributed by atoms with Crippen molar-refractivity contribution in [2.24, 2.45) is 7.05 Å². The van der Waals surface area contributed by atoms with Crippen molar-refractivity contribution < 1.29 is 9.84 Å². The van der Waals surface area contributed by atoms with Gasteiger partial charge in [0.2, 0.25) is 0 Å². The van der Waals surface area contributed by atoms with Gasteiger partial charge in [-0.1, -0.05) is 42.5 Å². The lowest BCUT2D eigenvalue weighted by Crippen LogP contribution is -2.02. The highest BCUT2D eigenvalue weighted by atomic mass is 16.5. The molecule has 182 valence electrons. The summed E-state index contributed by atoms with van der Waals surface area (Å²) >= 11 is 0. The van der Waals surface area contributed by atoms with Gasteiger partial charge in [0.15, 0.2) is 0 Å². The van der Waals surface area contributed by atoms with E-state index in [4.69, 9.17) is 9.84 Å². The minimum atomic E-state index is 0.607. The first-order valence-electron chi connectivity index (χ1n) is 11.8. The van der Waals surface area contributed by atoms with Crippen molar-refractivity contribution in [3.05, 3.63) is 113 Å². The summed E-state index contributed by atoms with van der Waals surface area (Å²) < 4.78 is 7.96. The summed E-state index contributed by atoms with van der Waals surface area (Å²) in [7, 11) is 3.06. The van der Waals surface area contributed by atoms with Gasteiger partial charge in [-0.05, 0) is 71.1 Å². The lowest BCUT2D eigenvalue weighted by Gasteiger charge is -2.06. The average molecular weight is 479 g/mol. The Balaban J connectivity index is 0.00000148. The molecule has 0 saturated carbocycles. The second kappa shape index (κ2) is 12.3. The zero-order valence-corrected chi connectivity index (χ0v) is 20.5. The normalized spacial score (nSPS) is 11.2. The molecule has 5 rings (SSSR count). The third-order valence-corrected chi connectivity index (χ3v) is 5.66. The highest BCUT2D eigenvalue weighted by Gasteiger charge is 2.00. The van der Waals surface area contributed by atoms with E-state index in [1.807, 2.05) is 60.7 Å². The fourth-order valence-electron chi connectivity index (χ4n) is 3.77. The predicted molar refractivity (Wildman–Crippen MR) is 147 cm³/mol. The maximum atomic E-state index is 7.00. The van der Waals surface area contributed by atoms with Crippen molar-refractivity contribution in [2.75, 3.05) is 13.7 Å². The second-order valence-electron chi connectivity index (χ2n) is 8.15. The maximum absolute atomic E-state index is 7.00. The maximum Gasteiger partial charge on any atom is 0.119 e. The first-order chi connectivity index (χ1) is 17.7. The minimum absolute atomic E-state index is 0.607. The Morgan fingerprint density at radius 2 is 1.69 bits per heavy atom. The molecule has 6 heteroatoms. The van der Waals surface area contributed by atoms with Crippen LogP contribution < -0.4 is 4.74 Å². The molecule has 0 fully saturated rings. The van der Waals surface area contributed by atoms with Crippen LogP contribution in [0.3, 0.4) is 0 Å². The Labute approximate surface area is 211 Å². The number of fused-ring (bicyclic) bond motifs is 1. The van der Waals surface area contributed by atoms with E-state index in [-0.39, 0.29) is 0 Å². The summed E-state index contributed by atoms with van der Waals surface area (Å²) in [6, 6.07) is 24.6. The minimum Gasteiger partial charge on any atom is -0.493 e.